The minimum absolute atomic E-state index is 0.0653. The van der Waals surface area contributed by atoms with Gasteiger partial charge in [0.15, 0.2) is 0 Å². The predicted molar refractivity (Wildman–Crippen MR) is 69.1 cm³/mol. The third-order valence-corrected chi connectivity index (χ3v) is 3.52. The highest BCUT2D eigenvalue weighted by molar-refractivity contribution is 5.89. The van der Waals surface area contributed by atoms with Crippen molar-refractivity contribution in [1.29, 1.82) is 0 Å². The molecule has 0 unspecified atom stereocenters. The number of halogens is 3. The summed E-state index contributed by atoms with van der Waals surface area (Å²) < 4.78 is 43.7. The van der Waals surface area contributed by atoms with E-state index in [1.807, 2.05) is 0 Å². The number of aliphatic carboxylic acids is 1. The van der Waals surface area contributed by atoms with E-state index in [0.717, 1.165) is 6.07 Å². The van der Waals surface area contributed by atoms with Gasteiger partial charge in [-0.25, -0.2) is 0 Å². The lowest BCUT2D eigenvalue weighted by atomic mass is 10.1. The van der Waals surface area contributed by atoms with Crippen molar-refractivity contribution in [3.8, 4) is 5.75 Å². The molecule has 2 rings (SSSR count). The number of carbonyl (C=O) groups is 2. The van der Waals surface area contributed by atoms with Crippen molar-refractivity contribution >= 4 is 11.9 Å². The minimum Gasteiger partial charge on any atom is -0.497 e. The molecule has 1 amide bonds. The summed E-state index contributed by atoms with van der Waals surface area (Å²) in [5.41, 5.74) is -0.994. The van der Waals surface area contributed by atoms with Crippen molar-refractivity contribution in [1.82, 2.24) is 5.32 Å². The summed E-state index contributed by atoms with van der Waals surface area (Å²) in [6, 6.07) is 3.45. The van der Waals surface area contributed by atoms with Crippen molar-refractivity contribution in [2.75, 3.05) is 7.11 Å². The van der Waals surface area contributed by atoms with E-state index in [9.17, 15) is 22.8 Å². The van der Waals surface area contributed by atoms with Gasteiger partial charge in [-0.2, -0.15) is 13.2 Å². The molecule has 1 aromatic rings. The number of rotatable bonds is 5. The molecule has 2 N–H and O–H groups in total. The summed E-state index contributed by atoms with van der Waals surface area (Å²) in [5, 5.41) is 11.1. The quantitative estimate of drug-likeness (QED) is 0.871. The van der Waals surface area contributed by atoms with Gasteiger partial charge in [-0.3, -0.25) is 9.59 Å². The second kappa shape index (κ2) is 5.86. The van der Waals surface area contributed by atoms with Gasteiger partial charge in [0, 0.05) is 6.54 Å². The third-order valence-electron chi connectivity index (χ3n) is 3.52. The monoisotopic (exact) mass is 317 g/mol. The molecule has 1 fully saturated rings. The second-order valence-electron chi connectivity index (χ2n) is 5.03. The van der Waals surface area contributed by atoms with Crippen molar-refractivity contribution in [2.45, 2.75) is 19.1 Å². The molecule has 5 nitrogen and oxygen atoms in total. The first-order chi connectivity index (χ1) is 10.2. The fraction of sp³-hybridized carbons (Fsp3) is 0.429. The van der Waals surface area contributed by atoms with E-state index in [1.165, 1.54) is 19.2 Å². The number of hydrogen-bond acceptors (Lipinski definition) is 3. The Morgan fingerprint density at radius 3 is 2.55 bits per heavy atom. The number of benzene rings is 1. The zero-order chi connectivity index (χ0) is 16.5. The van der Waals surface area contributed by atoms with Crippen LogP contribution in [0.15, 0.2) is 18.2 Å². The molecule has 0 spiro atoms. The maximum Gasteiger partial charge on any atom is 0.416 e. The number of carboxylic acids is 1. The Kier molecular flexibility index (Phi) is 4.30. The maximum atomic E-state index is 13.0. The molecule has 1 saturated carbocycles. The van der Waals surface area contributed by atoms with E-state index in [1.54, 1.807) is 0 Å². The Morgan fingerprint density at radius 1 is 1.36 bits per heavy atom. The van der Waals surface area contributed by atoms with E-state index < -0.39 is 35.5 Å². The highest BCUT2D eigenvalue weighted by Gasteiger charge is 2.48. The highest BCUT2D eigenvalue weighted by Crippen LogP contribution is 2.39. The Labute approximate surface area is 124 Å². The van der Waals surface area contributed by atoms with Crippen molar-refractivity contribution < 1.29 is 32.6 Å². The largest absolute Gasteiger partial charge is 0.497 e. The van der Waals surface area contributed by atoms with Crippen molar-refractivity contribution in [2.24, 2.45) is 11.8 Å². The topological polar surface area (TPSA) is 75.6 Å². The minimum atomic E-state index is -4.57. The first kappa shape index (κ1) is 16.1. The SMILES string of the molecule is COc1ccc(CNC(=O)[C@H]2C[C@H]2C(=O)O)c(C(F)(F)F)c1. The number of carbonyl (C=O) groups excluding carboxylic acids is 1. The second-order valence-corrected chi connectivity index (χ2v) is 5.03. The number of carboxylic acid groups (broad SMARTS) is 1. The zero-order valence-corrected chi connectivity index (χ0v) is 11.6. The van der Waals surface area contributed by atoms with Gasteiger partial charge < -0.3 is 15.2 Å². The van der Waals surface area contributed by atoms with Crippen LogP contribution in [0.4, 0.5) is 13.2 Å². The lowest BCUT2D eigenvalue weighted by Gasteiger charge is -2.14. The van der Waals surface area contributed by atoms with Crippen LogP contribution in [0.25, 0.3) is 0 Å². The van der Waals surface area contributed by atoms with Crippen LogP contribution in [0, 0.1) is 11.8 Å². The third kappa shape index (κ3) is 3.49. The van der Waals surface area contributed by atoms with Crippen LogP contribution >= 0.6 is 0 Å². The van der Waals surface area contributed by atoms with Crippen LogP contribution < -0.4 is 10.1 Å². The Hall–Kier alpha value is -2.25. The number of ether oxygens (including phenoxy) is 1. The average molecular weight is 317 g/mol. The highest BCUT2D eigenvalue weighted by atomic mass is 19.4. The fourth-order valence-electron chi connectivity index (χ4n) is 2.17. The number of alkyl halides is 3. The zero-order valence-electron chi connectivity index (χ0n) is 11.6. The summed E-state index contributed by atoms with van der Waals surface area (Å²) in [5.74, 6) is -2.95. The molecule has 8 heteroatoms. The van der Waals surface area contributed by atoms with Gasteiger partial charge >= 0.3 is 12.1 Å². The normalized spacial score (nSPS) is 20.4. The average Bonchev–Trinajstić information content (AvgIpc) is 3.24. The number of nitrogens with one attached hydrogen (secondary N) is 1. The number of amides is 1. The lowest BCUT2D eigenvalue weighted by molar-refractivity contribution is -0.140. The standard InChI is InChI=1S/C14H14F3NO4/c1-22-8-3-2-7(11(4-8)14(15,16)17)6-18-12(19)9-5-10(9)13(20)21/h2-4,9-10H,5-6H2,1H3,(H,18,19)(H,20,21)/t9-,10+/m0/s1. The van der Waals surface area contributed by atoms with Crippen LogP contribution in [0.1, 0.15) is 17.5 Å². The molecule has 0 aliphatic heterocycles. The van der Waals surface area contributed by atoms with E-state index in [0.29, 0.717) is 0 Å². The van der Waals surface area contributed by atoms with Crippen molar-refractivity contribution in [3.05, 3.63) is 29.3 Å². The van der Waals surface area contributed by atoms with Crippen molar-refractivity contribution in [3.63, 3.8) is 0 Å². The molecule has 1 aliphatic rings. The van der Waals surface area contributed by atoms with Gasteiger partial charge in [-0.1, -0.05) is 6.07 Å². The molecule has 2 atom stereocenters. The molecular formula is C14H14F3NO4. The summed E-state index contributed by atoms with van der Waals surface area (Å²) in [7, 11) is 1.26. The predicted octanol–water partition coefficient (Wildman–Crippen LogP) is 2.05. The van der Waals surface area contributed by atoms with Gasteiger partial charge in [0.05, 0.1) is 24.5 Å². The molecule has 0 heterocycles. The van der Waals surface area contributed by atoms with Crippen LogP contribution in [0.5, 0.6) is 5.75 Å². The molecule has 0 aromatic heterocycles. The number of hydrogen-bond donors (Lipinski definition) is 2. The van der Waals surface area contributed by atoms with Gasteiger partial charge in [-0.05, 0) is 24.1 Å². The number of methoxy groups -OCH3 is 1. The van der Waals surface area contributed by atoms with Gasteiger partial charge in [0.25, 0.3) is 0 Å². The molecule has 0 saturated heterocycles. The molecule has 22 heavy (non-hydrogen) atoms. The molecule has 0 bridgehead atoms. The van der Waals surface area contributed by atoms with Gasteiger partial charge in [-0.15, -0.1) is 0 Å². The fourth-order valence-corrected chi connectivity index (χ4v) is 2.17. The van der Waals surface area contributed by atoms with E-state index >= 15 is 0 Å². The Morgan fingerprint density at radius 2 is 2.05 bits per heavy atom. The van der Waals surface area contributed by atoms with E-state index in [-0.39, 0.29) is 24.3 Å². The van der Waals surface area contributed by atoms with Crippen LogP contribution in [0.2, 0.25) is 0 Å². The molecule has 1 aliphatic carbocycles. The summed E-state index contributed by atoms with van der Waals surface area (Å²) in [4.78, 5) is 22.4. The van der Waals surface area contributed by atoms with E-state index in [2.05, 4.69) is 5.32 Å². The summed E-state index contributed by atoms with van der Waals surface area (Å²) in [6.07, 6.45) is -4.35. The Bertz CT molecular complexity index is 600. The Balaban J connectivity index is 2.07. The first-order valence-corrected chi connectivity index (χ1v) is 6.48. The van der Waals surface area contributed by atoms with Crippen LogP contribution in [-0.4, -0.2) is 24.1 Å². The lowest BCUT2D eigenvalue weighted by Crippen LogP contribution is -2.27. The van der Waals surface area contributed by atoms with Crippen LogP contribution in [-0.2, 0) is 22.3 Å². The maximum absolute atomic E-state index is 13.0. The molecule has 1 aromatic carbocycles. The smallest absolute Gasteiger partial charge is 0.416 e. The summed E-state index contributed by atoms with van der Waals surface area (Å²) in [6.45, 7) is -0.319. The van der Waals surface area contributed by atoms with Crippen LogP contribution in [0.3, 0.4) is 0 Å². The molecule has 0 radical (unpaired) electrons. The summed E-state index contributed by atoms with van der Waals surface area (Å²) >= 11 is 0. The van der Waals surface area contributed by atoms with Gasteiger partial charge in [0.2, 0.25) is 5.91 Å². The van der Waals surface area contributed by atoms with Gasteiger partial charge in [0.1, 0.15) is 5.75 Å². The van der Waals surface area contributed by atoms with E-state index in [4.69, 9.17) is 9.84 Å². The molecular weight excluding hydrogens is 303 g/mol. The first-order valence-electron chi connectivity index (χ1n) is 6.48. The molecule has 120 valence electrons.